The summed E-state index contributed by atoms with van der Waals surface area (Å²) in [6, 6.07) is 14.2. The fourth-order valence-corrected chi connectivity index (χ4v) is 4.11. The van der Waals surface area contributed by atoms with Crippen molar-refractivity contribution in [2.75, 3.05) is 6.54 Å². The normalized spacial score (nSPS) is 16.8. The maximum Gasteiger partial charge on any atom is 0.349 e. The van der Waals surface area contributed by atoms with Crippen LogP contribution in [0.5, 0.6) is 0 Å². The van der Waals surface area contributed by atoms with Crippen LogP contribution in [0.25, 0.3) is 0 Å². The molecule has 0 radical (unpaired) electrons. The number of carboxylic acids is 2. The Bertz CT molecular complexity index is 1140. The van der Waals surface area contributed by atoms with Crippen molar-refractivity contribution in [1.29, 1.82) is 0 Å². The lowest BCUT2D eigenvalue weighted by Gasteiger charge is -2.32. The predicted molar refractivity (Wildman–Crippen MR) is 131 cm³/mol. The molecule has 3 rings (SSSR count). The molecule has 1 aliphatic heterocycles. The molecule has 0 spiro atoms. The molecule has 1 fully saturated rings. The Balaban J connectivity index is 0.000000352. The SMILES string of the molecule is N[C@H]1CCCN(P(N)(N)=O)C1=O.O=C(O[C@H](C(=O)O)[C@H](OC(=O)c1ccccc1)C(=O)O)c1ccccc1. The van der Waals surface area contributed by atoms with Crippen molar-refractivity contribution < 1.29 is 48.2 Å². The van der Waals surface area contributed by atoms with Crippen LogP contribution in [0.4, 0.5) is 0 Å². The second kappa shape index (κ2) is 13.4. The highest BCUT2D eigenvalue weighted by Crippen LogP contribution is 2.34. The average Bonchev–Trinajstić information content (AvgIpc) is 2.88. The topological polar surface area (TPSA) is 243 Å². The van der Waals surface area contributed by atoms with Gasteiger partial charge in [0.15, 0.2) is 0 Å². The van der Waals surface area contributed by atoms with Gasteiger partial charge in [0.05, 0.1) is 17.2 Å². The lowest BCUT2D eigenvalue weighted by Crippen LogP contribution is -2.48. The van der Waals surface area contributed by atoms with E-state index in [9.17, 15) is 38.8 Å². The summed E-state index contributed by atoms with van der Waals surface area (Å²) in [7, 11) is -3.43. The Labute approximate surface area is 216 Å². The van der Waals surface area contributed by atoms with Gasteiger partial charge >= 0.3 is 31.5 Å². The smallest absolute Gasteiger partial charge is 0.349 e. The molecule has 2 aromatic carbocycles. The largest absolute Gasteiger partial charge is 0.478 e. The number of amides is 1. The minimum Gasteiger partial charge on any atom is -0.478 e. The fourth-order valence-electron chi connectivity index (χ4n) is 3.19. The minimum absolute atomic E-state index is 0.0253. The second-order valence-corrected chi connectivity index (χ2v) is 9.77. The van der Waals surface area contributed by atoms with Gasteiger partial charge in [0.1, 0.15) is 0 Å². The zero-order valence-corrected chi connectivity index (χ0v) is 20.8. The number of rotatable bonds is 8. The standard InChI is InChI=1S/C18H14O8.C5H13N4O2P/c19-15(20)13(25-17(23)11-7-3-1-4-8-11)14(16(21)22)26-18(24)12-9-5-2-6-10-12;6-4-2-1-3-9(5(4)10)12(7,8)11/h1-10,13-14H,(H,19,20)(H,21,22);4H,1-3,6H2,(H4,7,8,11)/t13-,14-;4-/m00/s1. The molecular weight excluding hydrogens is 523 g/mol. The van der Waals surface area contributed by atoms with Gasteiger partial charge < -0.3 is 25.4 Å². The molecule has 1 heterocycles. The van der Waals surface area contributed by atoms with E-state index in [1.165, 1.54) is 48.5 Å². The summed E-state index contributed by atoms with van der Waals surface area (Å²) in [6.45, 7) is 0.344. The van der Waals surface area contributed by atoms with Gasteiger partial charge in [-0.1, -0.05) is 36.4 Å². The van der Waals surface area contributed by atoms with Gasteiger partial charge in [-0.05, 0) is 37.1 Å². The first kappa shape index (κ1) is 30.1. The third-order valence-corrected chi connectivity index (χ3v) is 6.23. The van der Waals surface area contributed by atoms with Gasteiger partial charge in [-0.25, -0.2) is 19.2 Å². The molecule has 1 amide bonds. The molecular formula is C23H27N4O10P. The summed E-state index contributed by atoms with van der Waals surface area (Å²) in [5.74, 6) is -6.04. The minimum atomic E-state index is -3.43. The van der Waals surface area contributed by atoms with Gasteiger partial charge in [0.2, 0.25) is 18.1 Å². The number of piperidine rings is 1. The number of carboxylic acid groups (broad SMARTS) is 2. The Morgan fingerprint density at radius 2 is 1.24 bits per heavy atom. The van der Waals surface area contributed by atoms with Crippen LogP contribution in [0.15, 0.2) is 60.7 Å². The molecule has 0 bridgehead atoms. The molecule has 38 heavy (non-hydrogen) atoms. The first-order valence-corrected chi connectivity index (χ1v) is 12.8. The molecule has 2 aromatic rings. The fraction of sp³-hybridized carbons (Fsp3) is 0.261. The van der Waals surface area contributed by atoms with Crippen molar-refractivity contribution >= 4 is 37.4 Å². The lowest BCUT2D eigenvalue weighted by molar-refractivity contribution is -0.166. The summed E-state index contributed by atoms with van der Waals surface area (Å²) >= 11 is 0. The van der Waals surface area contributed by atoms with Crippen LogP contribution in [0.1, 0.15) is 33.6 Å². The number of benzene rings is 2. The highest BCUT2D eigenvalue weighted by molar-refractivity contribution is 7.57. The number of hydrogen-bond acceptors (Lipinski definition) is 9. The molecule has 0 aromatic heterocycles. The molecule has 14 nitrogen and oxygen atoms in total. The van der Waals surface area contributed by atoms with Gasteiger partial charge in [-0.3, -0.25) is 25.0 Å². The number of carbonyl (C=O) groups is 5. The molecule has 3 atom stereocenters. The molecule has 0 aliphatic carbocycles. The van der Waals surface area contributed by atoms with Crippen LogP contribution in [0, 0.1) is 0 Å². The first-order valence-electron chi connectivity index (χ1n) is 11.0. The molecule has 15 heteroatoms. The number of aliphatic carboxylic acids is 2. The van der Waals surface area contributed by atoms with Crippen molar-refractivity contribution in [1.82, 2.24) is 4.67 Å². The van der Waals surface area contributed by atoms with Gasteiger partial charge in [0.25, 0.3) is 0 Å². The zero-order chi connectivity index (χ0) is 28.5. The summed E-state index contributed by atoms with van der Waals surface area (Å²) in [5, 5.41) is 18.5. The number of carbonyl (C=O) groups excluding carboxylic acids is 3. The highest BCUT2D eigenvalue weighted by Gasteiger charge is 2.41. The molecule has 1 aliphatic rings. The Morgan fingerprint density at radius 1 is 0.842 bits per heavy atom. The first-order chi connectivity index (χ1) is 17.8. The molecule has 8 N–H and O–H groups in total. The predicted octanol–water partition coefficient (Wildman–Crippen LogP) is 0.568. The van der Waals surface area contributed by atoms with E-state index in [0.29, 0.717) is 19.4 Å². The van der Waals surface area contributed by atoms with Crippen LogP contribution >= 0.6 is 7.59 Å². The second-order valence-electron chi connectivity index (χ2n) is 7.94. The number of nitrogens with zero attached hydrogens (tertiary/aromatic N) is 1. The monoisotopic (exact) mass is 550 g/mol. The highest BCUT2D eigenvalue weighted by atomic mass is 31.2. The average molecular weight is 550 g/mol. The third kappa shape index (κ3) is 8.49. The number of hydrogen-bond donors (Lipinski definition) is 5. The van der Waals surface area contributed by atoms with Crippen molar-refractivity contribution in [2.45, 2.75) is 31.1 Å². The third-order valence-electron chi connectivity index (χ3n) is 5.08. The van der Waals surface area contributed by atoms with E-state index in [4.69, 9.17) is 26.2 Å². The number of ether oxygens (including phenoxy) is 2. The van der Waals surface area contributed by atoms with Crippen molar-refractivity contribution in [3.05, 3.63) is 71.8 Å². The maximum atomic E-state index is 12.0. The van der Waals surface area contributed by atoms with Crippen LogP contribution < -0.4 is 16.7 Å². The quantitative estimate of drug-likeness (QED) is 0.223. The summed E-state index contributed by atoms with van der Waals surface area (Å²) in [5.41, 5.74) is 15.8. The number of esters is 2. The Morgan fingerprint density at radius 3 is 1.55 bits per heavy atom. The molecule has 0 unspecified atom stereocenters. The van der Waals surface area contributed by atoms with Gasteiger partial charge in [-0.2, -0.15) is 0 Å². The van der Waals surface area contributed by atoms with E-state index in [1.807, 2.05) is 0 Å². The van der Waals surface area contributed by atoms with Crippen LogP contribution in [-0.2, 0) is 28.4 Å². The Kier molecular flexibility index (Phi) is 10.7. The summed E-state index contributed by atoms with van der Waals surface area (Å²) in [6.07, 6.45) is -3.12. The van der Waals surface area contributed by atoms with Crippen molar-refractivity contribution in [3.8, 4) is 0 Å². The lowest BCUT2D eigenvalue weighted by atomic mass is 10.1. The molecule has 1 saturated heterocycles. The zero-order valence-electron chi connectivity index (χ0n) is 19.9. The van der Waals surface area contributed by atoms with Crippen LogP contribution in [0.3, 0.4) is 0 Å². The van der Waals surface area contributed by atoms with Crippen LogP contribution in [-0.4, -0.2) is 69.5 Å². The Hall–Kier alpha value is -4.10. The van der Waals surface area contributed by atoms with Gasteiger partial charge in [0, 0.05) is 6.54 Å². The summed E-state index contributed by atoms with van der Waals surface area (Å²) in [4.78, 5) is 58.1. The molecule has 204 valence electrons. The maximum absolute atomic E-state index is 12.0. The van der Waals surface area contributed by atoms with E-state index in [0.717, 1.165) is 4.67 Å². The van der Waals surface area contributed by atoms with E-state index in [1.54, 1.807) is 12.1 Å². The van der Waals surface area contributed by atoms with E-state index in [2.05, 4.69) is 0 Å². The summed E-state index contributed by atoms with van der Waals surface area (Å²) < 4.78 is 21.6. The van der Waals surface area contributed by atoms with Crippen molar-refractivity contribution in [2.24, 2.45) is 16.7 Å². The van der Waals surface area contributed by atoms with E-state index in [-0.39, 0.29) is 11.1 Å². The van der Waals surface area contributed by atoms with Crippen molar-refractivity contribution in [3.63, 3.8) is 0 Å². The van der Waals surface area contributed by atoms with E-state index < -0.39 is 55.6 Å². The number of nitrogens with two attached hydrogens (primary N) is 3. The molecule has 0 saturated carbocycles. The van der Waals surface area contributed by atoms with Crippen LogP contribution in [0.2, 0.25) is 0 Å². The van der Waals surface area contributed by atoms with E-state index >= 15 is 0 Å². The van der Waals surface area contributed by atoms with Gasteiger partial charge in [-0.15, -0.1) is 0 Å².